The molecule has 5 N–H and O–H groups in total. The lowest BCUT2D eigenvalue weighted by molar-refractivity contribution is -0.114. The Morgan fingerprint density at radius 2 is 1.81 bits per heavy atom. The highest BCUT2D eigenvalue weighted by Crippen LogP contribution is 2.20. The summed E-state index contributed by atoms with van der Waals surface area (Å²) in [6.45, 7) is 2.05. The van der Waals surface area contributed by atoms with Crippen molar-refractivity contribution in [2.45, 2.75) is 13.5 Å². The Kier molecular flexibility index (Phi) is 5.23. The molecule has 3 aromatic rings. The van der Waals surface area contributed by atoms with Gasteiger partial charge in [0, 0.05) is 43.3 Å². The van der Waals surface area contributed by atoms with Crippen molar-refractivity contribution in [3.63, 3.8) is 0 Å². The Morgan fingerprint density at radius 3 is 2.50 bits per heavy atom. The fourth-order valence-electron chi connectivity index (χ4n) is 2.30. The van der Waals surface area contributed by atoms with Crippen molar-refractivity contribution < 1.29 is 4.79 Å². The van der Waals surface area contributed by atoms with Gasteiger partial charge in [0.05, 0.1) is 0 Å². The third kappa shape index (κ3) is 4.91. The van der Waals surface area contributed by atoms with Crippen molar-refractivity contribution in [3.05, 3.63) is 60.4 Å². The topological polar surface area (TPSA) is 118 Å². The van der Waals surface area contributed by atoms with E-state index >= 15 is 0 Å². The zero-order valence-corrected chi connectivity index (χ0v) is 14.2. The van der Waals surface area contributed by atoms with Gasteiger partial charge in [-0.3, -0.25) is 9.78 Å². The minimum absolute atomic E-state index is 0.112. The molecule has 0 saturated heterocycles. The first-order chi connectivity index (χ1) is 12.6. The number of anilines is 5. The van der Waals surface area contributed by atoms with Gasteiger partial charge >= 0.3 is 0 Å². The Labute approximate surface area is 150 Å². The highest BCUT2D eigenvalue weighted by atomic mass is 16.1. The summed E-state index contributed by atoms with van der Waals surface area (Å²) >= 11 is 0. The van der Waals surface area contributed by atoms with Gasteiger partial charge < -0.3 is 21.7 Å². The SMILES string of the molecule is CC(=O)Nc1ccc(Nc2cc(NCc3cccnc3)nc(N)n2)cc1. The van der Waals surface area contributed by atoms with Crippen molar-refractivity contribution in [1.29, 1.82) is 0 Å². The average molecular weight is 349 g/mol. The number of hydrogen-bond donors (Lipinski definition) is 4. The van der Waals surface area contributed by atoms with Crippen LogP contribution in [0.4, 0.5) is 29.0 Å². The molecule has 1 aromatic carbocycles. The lowest BCUT2D eigenvalue weighted by atomic mass is 10.2. The molecule has 0 fully saturated rings. The van der Waals surface area contributed by atoms with E-state index in [1.165, 1.54) is 6.92 Å². The molecule has 8 heteroatoms. The van der Waals surface area contributed by atoms with E-state index in [2.05, 4.69) is 30.9 Å². The van der Waals surface area contributed by atoms with Crippen LogP contribution in [0.1, 0.15) is 12.5 Å². The number of nitrogens with two attached hydrogens (primary N) is 1. The molecular weight excluding hydrogens is 330 g/mol. The van der Waals surface area contributed by atoms with Crippen molar-refractivity contribution >= 4 is 34.9 Å². The molecule has 1 amide bonds. The van der Waals surface area contributed by atoms with Crippen molar-refractivity contribution in [2.24, 2.45) is 0 Å². The molecule has 0 atom stereocenters. The van der Waals surface area contributed by atoms with Gasteiger partial charge in [-0.1, -0.05) is 6.07 Å². The maximum Gasteiger partial charge on any atom is 0.223 e. The van der Waals surface area contributed by atoms with Gasteiger partial charge in [0.25, 0.3) is 0 Å². The number of hydrogen-bond acceptors (Lipinski definition) is 7. The molecule has 0 bridgehead atoms. The van der Waals surface area contributed by atoms with Crippen LogP contribution < -0.4 is 21.7 Å². The van der Waals surface area contributed by atoms with E-state index in [9.17, 15) is 4.79 Å². The lowest BCUT2D eigenvalue weighted by Crippen LogP contribution is -2.07. The number of amides is 1. The third-order valence-electron chi connectivity index (χ3n) is 3.42. The van der Waals surface area contributed by atoms with Crippen LogP contribution in [0, 0.1) is 0 Å². The number of nitrogens with one attached hydrogen (secondary N) is 3. The summed E-state index contributed by atoms with van der Waals surface area (Å²) in [6, 6.07) is 12.9. The number of rotatable bonds is 6. The van der Waals surface area contributed by atoms with Crippen LogP contribution in [0.15, 0.2) is 54.9 Å². The van der Waals surface area contributed by atoms with Crippen LogP contribution in [-0.2, 0) is 11.3 Å². The maximum atomic E-state index is 11.1. The molecule has 8 nitrogen and oxygen atoms in total. The molecule has 132 valence electrons. The van der Waals surface area contributed by atoms with E-state index in [4.69, 9.17) is 5.73 Å². The van der Waals surface area contributed by atoms with Gasteiger partial charge in [0.15, 0.2) is 0 Å². The molecule has 0 aliphatic heterocycles. The average Bonchev–Trinajstić information content (AvgIpc) is 2.62. The van der Waals surface area contributed by atoms with Crippen LogP contribution in [0.3, 0.4) is 0 Å². The normalized spacial score (nSPS) is 10.2. The molecular formula is C18H19N7O. The Morgan fingerprint density at radius 1 is 1.08 bits per heavy atom. The summed E-state index contributed by atoms with van der Waals surface area (Å²) in [4.78, 5) is 23.5. The van der Waals surface area contributed by atoms with Gasteiger partial charge in [-0.05, 0) is 35.9 Å². The van der Waals surface area contributed by atoms with Crippen molar-refractivity contribution in [1.82, 2.24) is 15.0 Å². The summed E-state index contributed by atoms with van der Waals surface area (Å²) in [6.07, 6.45) is 3.51. The van der Waals surface area contributed by atoms with Gasteiger partial charge in [-0.15, -0.1) is 0 Å². The lowest BCUT2D eigenvalue weighted by Gasteiger charge is -2.10. The fraction of sp³-hybridized carbons (Fsp3) is 0.111. The number of carbonyl (C=O) groups excluding carboxylic acids is 1. The molecule has 2 heterocycles. The highest BCUT2D eigenvalue weighted by Gasteiger charge is 2.04. The standard InChI is InChI=1S/C18H19N7O/c1-12(26)22-14-4-6-15(7-5-14)23-17-9-16(24-18(19)25-17)21-11-13-3-2-8-20-10-13/h2-10H,11H2,1H3,(H,22,26)(H4,19,21,23,24,25). The number of aromatic nitrogens is 3. The predicted octanol–water partition coefficient (Wildman–Crippen LogP) is 2.77. The van der Waals surface area contributed by atoms with E-state index in [0.717, 1.165) is 16.9 Å². The van der Waals surface area contributed by atoms with Gasteiger partial charge in [0.2, 0.25) is 11.9 Å². The fourth-order valence-corrected chi connectivity index (χ4v) is 2.30. The summed E-state index contributed by atoms with van der Waals surface area (Å²) in [7, 11) is 0. The van der Waals surface area contributed by atoms with Gasteiger partial charge in [-0.2, -0.15) is 9.97 Å². The van der Waals surface area contributed by atoms with Gasteiger partial charge in [0.1, 0.15) is 11.6 Å². The van der Waals surface area contributed by atoms with E-state index < -0.39 is 0 Å². The molecule has 3 rings (SSSR count). The van der Waals surface area contributed by atoms with Crippen LogP contribution in [0.5, 0.6) is 0 Å². The van der Waals surface area contributed by atoms with E-state index in [1.54, 1.807) is 30.6 Å². The van der Waals surface area contributed by atoms with Crippen molar-refractivity contribution in [2.75, 3.05) is 21.7 Å². The second-order valence-corrected chi connectivity index (χ2v) is 5.59. The van der Waals surface area contributed by atoms with E-state index in [0.29, 0.717) is 18.2 Å². The van der Waals surface area contributed by atoms with Crippen LogP contribution in [0.2, 0.25) is 0 Å². The molecule has 26 heavy (non-hydrogen) atoms. The number of carbonyl (C=O) groups is 1. The van der Waals surface area contributed by atoms with Crippen LogP contribution in [0.25, 0.3) is 0 Å². The minimum atomic E-state index is -0.112. The molecule has 2 aromatic heterocycles. The molecule has 0 unspecified atom stereocenters. The van der Waals surface area contributed by atoms with E-state index in [1.807, 2.05) is 24.3 Å². The first-order valence-corrected chi connectivity index (χ1v) is 8.00. The minimum Gasteiger partial charge on any atom is -0.368 e. The number of benzene rings is 1. The number of nitrogens with zero attached hydrogens (tertiary/aromatic N) is 3. The van der Waals surface area contributed by atoms with Crippen LogP contribution in [-0.4, -0.2) is 20.9 Å². The quantitative estimate of drug-likeness (QED) is 0.540. The third-order valence-corrected chi connectivity index (χ3v) is 3.42. The first-order valence-electron chi connectivity index (χ1n) is 8.00. The molecule has 0 saturated carbocycles. The second kappa shape index (κ2) is 7.93. The summed E-state index contributed by atoms with van der Waals surface area (Å²) in [5.41, 5.74) is 8.38. The summed E-state index contributed by atoms with van der Waals surface area (Å²) < 4.78 is 0. The first kappa shape index (κ1) is 17.2. The monoisotopic (exact) mass is 349 g/mol. The molecule has 0 aliphatic carbocycles. The molecule has 0 spiro atoms. The largest absolute Gasteiger partial charge is 0.368 e. The van der Waals surface area contributed by atoms with Crippen molar-refractivity contribution in [3.8, 4) is 0 Å². The summed E-state index contributed by atoms with van der Waals surface area (Å²) in [5.74, 6) is 1.23. The maximum absolute atomic E-state index is 11.1. The van der Waals surface area contributed by atoms with Gasteiger partial charge in [-0.25, -0.2) is 0 Å². The zero-order valence-electron chi connectivity index (χ0n) is 14.2. The van der Waals surface area contributed by atoms with E-state index in [-0.39, 0.29) is 11.9 Å². The predicted molar refractivity (Wildman–Crippen MR) is 102 cm³/mol. The Balaban J connectivity index is 1.68. The summed E-state index contributed by atoms with van der Waals surface area (Å²) in [5, 5.41) is 9.09. The highest BCUT2D eigenvalue weighted by molar-refractivity contribution is 5.88. The Bertz CT molecular complexity index is 882. The molecule has 0 radical (unpaired) electrons. The Hall–Kier alpha value is -3.68. The smallest absolute Gasteiger partial charge is 0.223 e. The van der Waals surface area contributed by atoms with Crippen LogP contribution >= 0.6 is 0 Å². The second-order valence-electron chi connectivity index (χ2n) is 5.59. The zero-order chi connectivity index (χ0) is 18.4. The molecule has 0 aliphatic rings. The number of pyridine rings is 1. The number of nitrogen functional groups attached to an aromatic ring is 1.